The molecular formula is C16H37N3. The summed E-state index contributed by atoms with van der Waals surface area (Å²) in [6, 6.07) is 0. The van der Waals surface area contributed by atoms with Gasteiger partial charge in [0.25, 0.3) is 0 Å². The largest absolute Gasteiger partial charge is 0.325 e. The monoisotopic (exact) mass is 271 g/mol. The quantitative estimate of drug-likeness (QED) is 0.572. The van der Waals surface area contributed by atoms with Crippen LogP contribution in [0.4, 0.5) is 0 Å². The molecule has 0 amide bonds. The maximum atomic E-state index is 6.25. The summed E-state index contributed by atoms with van der Waals surface area (Å²) in [5.41, 5.74) is 12.5. The molecule has 0 aliphatic heterocycles. The summed E-state index contributed by atoms with van der Waals surface area (Å²) in [5.74, 6) is 0. The van der Waals surface area contributed by atoms with Gasteiger partial charge in [0.1, 0.15) is 0 Å². The Hall–Kier alpha value is -0.120. The van der Waals surface area contributed by atoms with Gasteiger partial charge in [-0.05, 0) is 65.8 Å². The van der Waals surface area contributed by atoms with Gasteiger partial charge >= 0.3 is 0 Å². The van der Waals surface area contributed by atoms with Gasteiger partial charge in [-0.15, -0.1) is 0 Å². The van der Waals surface area contributed by atoms with Crippen molar-refractivity contribution in [2.45, 2.75) is 96.7 Å². The first-order valence-corrected chi connectivity index (χ1v) is 7.92. The molecule has 116 valence electrons. The van der Waals surface area contributed by atoms with Crippen LogP contribution >= 0.6 is 0 Å². The lowest BCUT2D eigenvalue weighted by atomic mass is 9.84. The summed E-state index contributed by atoms with van der Waals surface area (Å²) < 4.78 is 0. The third-order valence-corrected chi connectivity index (χ3v) is 4.89. The first kappa shape index (κ1) is 18.9. The van der Waals surface area contributed by atoms with Gasteiger partial charge in [-0.1, -0.05) is 20.8 Å². The van der Waals surface area contributed by atoms with E-state index in [1.54, 1.807) is 0 Å². The van der Waals surface area contributed by atoms with Crippen molar-refractivity contribution in [3.05, 3.63) is 0 Å². The fourth-order valence-corrected chi connectivity index (χ4v) is 1.95. The number of hydrogen-bond donors (Lipinski definition) is 3. The predicted molar refractivity (Wildman–Crippen MR) is 86.3 cm³/mol. The Kier molecular flexibility index (Phi) is 7.56. The van der Waals surface area contributed by atoms with E-state index in [9.17, 15) is 0 Å². The average Bonchev–Trinajstić information content (AvgIpc) is 2.36. The fraction of sp³-hybridized carbons (Fsp3) is 1.00. The molecule has 3 unspecified atom stereocenters. The summed E-state index contributed by atoms with van der Waals surface area (Å²) in [7, 11) is 0. The normalized spacial score (nSPS) is 21.5. The molecule has 0 aromatic rings. The highest BCUT2D eigenvalue weighted by atomic mass is 15.0. The fourth-order valence-electron chi connectivity index (χ4n) is 1.95. The van der Waals surface area contributed by atoms with Crippen LogP contribution in [-0.2, 0) is 0 Å². The van der Waals surface area contributed by atoms with E-state index < -0.39 is 0 Å². The molecular weight excluding hydrogens is 234 g/mol. The highest BCUT2D eigenvalue weighted by Crippen LogP contribution is 2.23. The Morgan fingerprint density at radius 3 is 1.63 bits per heavy atom. The van der Waals surface area contributed by atoms with E-state index in [1.807, 2.05) is 0 Å². The van der Waals surface area contributed by atoms with E-state index in [2.05, 4.69) is 46.9 Å². The Morgan fingerprint density at radius 2 is 1.21 bits per heavy atom. The molecule has 3 atom stereocenters. The third kappa shape index (κ3) is 7.91. The van der Waals surface area contributed by atoms with Crippen molar-refractivity contribution >= 4 is 0 Å². The molecule has 0 heterocycles. The minimum absolute atomic E-state index is 0.0378. The summed E-state index contributed by atoms with van der Waals surface area (Å²) in [6.45, 7) is 14.1. The van der Waals surface area contributed by atoms with Crippen molar-refractivity contribution in [1.82, 2.24) is 5.32 Å². The van der Waals surface area contributed by atoms with Crippen molar-refractivity contribution in [3.8, 4) is 0 Å². The molecule has 0 fully saturated rings. The minimum Gasteiger partial charge on any atom is -0.325 e. The minimum atomic E-state index is -0.0482. The molecule has 0 radical (unpaired) electrons. The van der Waals surface area contributed by atoms with E-state index in [0.29, 0.717) is 0 Å². The number of hydrogen-bond acceptors (Lipinski definition) is 3. The van der Waals surface area contributed by atoms with Crippen LogP contribution in [0.2, 0.25) is 0 Å². The van der Waals surface area contributed by atoms with E-state index in [4.69, 9.17) is 11.5 Å². The zero-order chi connectivity index (χ0) is 15.2. The van der Waals surface area contributed by atoms with Crippen LogP contribution in [0.5, 0.6) is 0 Å². The molecule has 0 aliphatic carbocycles. The zero-order valence-electron chi connectivity index (χ0n) is 14.1. The van der Waals surface area contributed by atoms with E-state index in [-0.39, 0.29) is 16.6 Å². The first-order valence-electron chi connectivity index (χ1n) is 7.92. The van der Waals surface area contributed by atoms with Crippen molar-refractivity contribution in [2.75, 3.05) is 6.54 Å². The highest BCUT2D eigenvalue weighted by molar-refractivity contribution is 4.88. The van der Waals surface area contributed by atoms with Gasteiger partial charge in [0.2, 0.25) is 0 Å². The van der Waals surface area contributed by atoms with E-state index in [0.717, 1.165) is 45.1 Å². The number of nitrogens with one attached hydrogen (secondary N) is 1. The van der Waals surface area contributed by atoms with Crippen LogP contribution in [0.25, 0.3) is 0 Å². The second-order valence-electron chi connectivity index (χ2n) is 7.11. The van der Waals surface area contributed by atoms with Crippen molar-refractivity contribution < 1.29 is 0 Å². The Morgan fingerprint density at radius 1 is 0.737 bits per heavy atom. The lowest BCUT2D eigenvalue weighted by molar-refractivity contribution is 0.262. The zero-order valence-corrected chi connectivity index (χ0v) is 14.1. The van der Waals surface area contributed by atoms with Crippen molar-refractivity contribution in [2.24, 2.45) is 11.5 Å². The maximum absolute atomic E-state index is 6.25. The number of rotatable bonds is 10. The van der Waals surface area contributed by atoms with Crippen LogP contribution in [0, 0.1) is 0 Å². The highest BCUT2D eigenvalue weighted by Gasteiger charge is 2.26. The molecule has 19 heavy (non-hydrogen) atoms. The Bertz CT molecular complexity index is 248. The molecule has 3 heteroatoms. The van der Waals surface area contributed by atoms with E-state index in [1.165, 1.54) is 0 Å². The van der Waals surface area contributed by atoms with Crippen LogP contribution in [-0.4, -0.2) is 23.2 Å². The van der Waals surface area contributed by atoms with Gasteiger partial charge in [0.15, 0.2) is 0 Å². The third-order valence-electron chi connectivity index (χ3n) is 4.89. The molecule has 0 aliphatic rings. The molecule has 3 nitrogen and oxygen atoms in total. The first-order chi connectivity index (χ1) is 8.60. The van der Waals surface area contributed by atoms with Crippen LogP contribution in [0.1, 0.15) is 80.1 Å². The average molecular weight is 271 g/mol. The van der Waals surface area contributed by atoms with Crippen LogP contribution in [0.15, 0.2) is 0 Å². The standard InChI is InChI=1S/C16H37N3/c1-7-14(4,17)10-11-16(6,9-3)19-13-12-15(5,18)8-2/h19H,7-13,17-18H2,1-6H3. The van der Waals surface area contributed by atoms with Gasteiger partial charge in [-0.3, -0.25) is 0 Å². The Labute approximate surface area is 120 Å². The van der Waals surface area contributed by atoms with Crippen molar-refractivity contribution in [1.29, 1.82) is 0 Å². The molecule has 0 saturated carbocycles. The molecule has 5 N–H and O–H groups in total. The number of nitrogens with two attached hydrogens (primary N) is 2. The SMILES string of the molecule is CCC(C)(N)CCNC(C)(CC)CCC(C)(N)CC. The summed E-state index contributed by atoms with van der Waals surface area (Å²) in [4.78, 5) is 0. The Balaban J connectivity index is 4.23. The molecule has 0 rings (SSSR count). The predicted octanol–water partition coefficient (Wildman–Crippen LogP) is 3.17. The summed E-state index contributed by atoms with van der Waals surface area (Å²) >= 11 is 0. The molecule has 0 saturated heterocycles. The van der Waals surface area contributed by atoms with Gasteiger partial charge in [0, 0.05) is 16.6 Å². The van der Waals surface area contributed by atoms with Gasteiger partial charge in [-0.2, -0.15) is 0 Å². The van der Waals surface area contributed by atoms with Crippen LogP contribution in [0.3, 0.4) is 0 Å². The van der Waals surface area contributed by atoms with Gasteiger partial charge in [-0.25, -0.2) is 0 Å². The summed E-state index contributed by atoms with van der Waals surface area (Å²) in [6.07, 6.45) is 6.39. The lowest BCUT2D eigenvalue weighted by Crippen LogP contribution is -2.48. The van der Waals surface area contributed by atoms with Gasteiger partial charge in [0.05, 0.1) is 0 Å². The molecule has 0 bridgehead atoms. The van der Waals surface area contributed by atoms with Crippen molar-refractivity contribution in [3.63, 3.8) is 0 Å². The maximum Gasteiger partial charge on any atom is 0.0151 e. The molecule has 0 aromatic heterocycles. The second-order valence-corrected chi connectivity index (χ2v) is 7.11. The van der Waals surface area contributed by atoms with Crippen LogP contribution < -0.4 is 16.8 Å². The molecule has 0 aromatic carbocycles. The molecule has 0 spiro atoms. The second kappa shape index (κ2) is 7.61. The summed E-state index contributed by atoms with van der Waals surface area (Å²) in [5, 5.41) is 3.70. The van der Waals surface area contributed by atoms with E-state index >= 15 is 0 Å². The lowest BCUT2D eigenvalue weighted by Gasteiger charge is -2.35. The van der Waals surface area contributed by atoms with Gasteiger partial charge < -0.3 is 16.8 Å². The topological polar surface area (TPSA) is 64.1 Å². The smallest absolute Gasteiger partial charge is 0.0151 e.